The van der Waals surface area contributed by atoms with Crippen molar-refractivity contribution in [3.8, 4) is 0 Å². The number of allylic oxidation sites excluding steroid dienone is 2. The molecule has 0 amide bonds. The third-order valence-corrected chi connectivity index (χ3v) is 1.75. The fourth-order valence-corrected chi connectivity index (χ4v) is 1.11. The van der Waals surface area contributed by atoms with E-state index in [1.54, 1.807) is 12.2 Å². The maximum atomic E-state index is 10.5. The van der Waals surface area contributed by atoms with Crippen LogP contribution < -0.4 is 5.32 Å². The average molecular weight is 168 g/mol. The first-order valence-electron chi connectivity index (χ1n) is 3.88. The van der Waals surface area contributed by atoms with Crippen molar-refractivity contribution in [2.24, 2.45) is 5.18 Å². The van der Waals surface area contributed by atoms with Crippen LogP contribution >= 0.6 is 0 Å². The van der Waals surface area contributed by atoms with E-state index >= 15 is 0 Å². The second kappa shape index (κ2) is 4.13. The van der Waals surface area contributed by atoms with Crippen molar-refractivity contribution in [2.45, 2.75) is 12.1 Å². The molecular weight excluding hydrogens is 156 g/mol. The minimum Gasteiger partial charge on any atom is -0.395 e. The lowest BCUT2D eigenvalue weighted by Gasteiger charge is -2.23. The summed E-state index contributed by atoms with van der Waals surface area (Å²) in [5.41, 5.74) is -0.836. The van der Waals surface area contributed by atoms with Gasteiger partial charge in [0.2, 0.25) is 0 Å². The lowest BCUT2D eigenvalue weighted by Crippen LogP contribution is -2.43. The molecule has 1 aliphatic rings. The van der Waals surface area contributed by atoms with Crippen LogP contribution in [0.5, 0.6) is 0 Å². The molecule has 0 aromatic rings. The molecule has 1 unspecified atom stereocenters. The van der Waals surface area contributed by atoms with Gasteiger partial charge < -0.3 is 5.11 Å². The molecule has 4 heteroatoms. The van der Waals surface area contributed by atoms with Crippen LogP contribution in [0.1, 0.15) is 6.42 Å². The van der Waals surface area contributed by atoms with E-state index in [1.807, 2.05) is 12.2 Å². The van der Waals surface area contributed by atoms with Gasteiger partial charge in [-0.3, -0.25) is 5.32 Å². The molecule has 0 aliphatic heterocycles. The van der Waals surface area contributed by atoms with E-state index < -0.39 is 5.66 Å². The summed E-state index contributed by atoms with van der Waals surface area (Å²) in [6.45, 7) is 0.388. The number of rotatable bonds is 4. The third-order valence-electron chi connectivity index (χ3n) is 1.75. The van der Waals surface area contributed by atoms with Crippen molar-refractivity contribution >= 4 is 0 Å². The zero-order valence-corrected chi connectivity index (χ0v) is 6.73. The SMILES string of the molecule is O=NC1(NCCO)C=CC=CC1. The number of hydrogen-bond acceptors (Lipinski definition) is 4. The van der Waals surface area contributed by atoms with Crippen LogP contribution in [0.25, 0.3) is 0 Å². The Morgan fingerprint density at radius 2 is 2.42 bits per heavy atom. The molecule has 12 heavy (non-hydrogen) atoms. The van der Waals surface area contributed by atoms with Gasteiger partial charge in [0.25, 0.3) is 0 Å². The van der Waals surface area contributed by atoms with Gasteiger partial charge in [-0.15, -0.1) is 4.91 Å². The summed E-state index contributed by atoms with van der Waals surface area (Å²) in [6.07, 6.45) is 7.76. The van der Waals surface area contributed by atoms with Gasteiger partial charge in [-0.2, -0.15) is 0 Å². The van der Waals surface area contributed by atoms with Gasteiger partial charge in [0.15, 0.2) is 5.66 Å². The lowest BCUT2D eigenvalue weighted by atomic mass is 10.0. The molecule has 0 spiro atoms. The van der Waals surface area contributed by atoms with Crippen LogP contribution in [-0.4, -0.2) is 23.9 Å². The normalized spacial score (nSPS) is 27.4. The predicted octanol–water partition coefficient (Wildman–Crippen LogP) is 0.547. The van der Waals surface area contributed by atoms with Gasteiger partial charge in [0, 0.05) is 13.0 Å². The van der Waals surface area contributed by atoms with Crippen molar-refractivity contribution in [2.75, 3.05) is 13.2 Å². The van der Waals surface area contributed by atoms with E-state index in [4.69, 9.17) is 5.11 Å². The van der Waals surface area contributed by atoms with Gasteiger partial charge in [0.1, 0.15) is 0 Å². The van der Waals surface area contributed by atoms with E-state index in [9.17, 15) is 4.91 Å². The summed E-state index contributed by atoms with van der Waals surface area (Å²) in [5.74, 6) is 0. The van der Waals surface area contributed by atoms with Gasteiger partial charge in [-0.05, 0) is 11.3 Å². The minimum atomic E-state index is -0.836. The fourth-order valence-electron chi connectivity index (χ4n) is 1.11. The summed E-state index contributed by atoms with van der Waals surface area (Å²) in [6, 6.07) is 0. The molecule has 0 radical (unpaired) electrons. The molecule has 0 heterocycles. The van der Waals surface area contributed by atoms with Gasteiger partial charge in [-0.1, -0.05) is 18.2 Å². The summed E-state index contributed by atoms with van der Waals surface area (Å²) in [4.78, 5) is 10.5. The standard InChI is InChI=1S/C8H12N2O2/c11-7-6-9-8(10-12)4-2-1-3-5-8/h1-4,9,11H,5-7H2. The highest BCUT2D eigenvalue weighted by atomic mass is 16.3. The molecule has 0 aromatic heterocycles. The highest BCUT2D eigenvalue weighted by Crippen LogP contribution is 2.18. The first-order valence-corrected chi connectivity index (χ1v) is 3.88. The van der Waals surface area contributed by atoms with E-state index in [0.29, 0.717) is 13.0 Å². The summed E-state index contributed by atoms with van der Waals surface area (Å²) < 4.78 is 0. The topological polar surface area (TPSA) is 61.7 Å². The van der Waals surface area contributed by atoms with E-state index in [1.165, 1.54) is 0 Å². The monoisotopic (exact) mass is 168 g/mol. The molecule has 1 aliphatic carbocycles. The molecular formula is C8H12N2O2. The van der Waals surface area contributed by atoms with Crippen LogP contribution in [0.4, 0.5) is 0 Å². The molecule has 0 aromatic carbocycles. The Morgan fingerprint density at radius 3 is 2.92 bits per heavy atom. The van der Waals surface area contributed by atoms with E-state index in [0.717, 1.165) is 0 Å². The first kappa shape index (κ1) is 9.09. The predicted molar refractivity (Wildman–Crippen MR) is 46.5 cm³/mol. The Hall–Kier alpha value is -1.00. The van der Waals surface area contributed by atoms with Gasteiger partial charge in [-0.25, -0.2) is 0 Å². The smallest absolute Gasteiger partial charge is 0.175 e. The molecule has 4 nitrogen and oxygen atoms in total. The summed E-state index contributed by atoms with van der Waals surface area (Å²) >= 11 is 0. The second-order valence-electron chi connectivity index (χ2n) is 2.66. The maximum Gasteiger partial charge on any atom is 0.175 e. The third kappa shape index (κ3) is 1.99. The largest absolute Gasteiger partial charge is 0.395 e. The first-order chi connectivity index (χ1) is 5.83. The zero-order chi connectivity index (χ0) is 8.86. The van der Waals surface area contributed by atoms with Crippen LogP contribution in [-0.2, 0) is 0 Å². The van der Waals surface area contributed by atoms with Crippen molar-refractivity contribution in [1.82, 2.24) is 5.32 Å². The van der Waals surface area contributed by atoms with Crippen molar-refractivity contribution in [3.05, 3.63) is 29.2 Å². The minimum absolute atomic E-state index is 0.00875. The number of aliphatic hydroxyl groups is 1. The quantitative estimate of drug-likeness (QED) is 0.602. The maximum absolute atomic E-state index is 10.5. The molecule has 0 saturated carbocycles. The molecule has 2 N–H and O–H groups in total. The number of aliphatic hydroxyl groups excluding tert-OH is 1. The van der Waals surface area contributed by atoms with E-state index in [2.05, 4.69) is 10.5 Å². The average Bonchev–Trinajstić information content (AvgIpc) is 2.16. The molecule has 66 valence electrons. The highest BCUT2D eigenvalue weighted by molar-refractivity contribution is 5.19. The molecule has 0 saturated heterocycles. The summed E-state index contributed by atoms with van der Waals surface area (Å²) in [7, 11) is 0. The zero-order valence-electron chi connectivity index (χ0n) is 6.73. The number of nitrogens with zero attached hydrogens (tertiary/aromatic N) is 1. The van der Waals surface area contributed by atoms with Gasteiger partial charge in [0.05, 0.1) is 6.61 Å². The Kier molecular flexibility index (Phi) is 3.13. The molecule has 1 atom stereocenters. The Morgan fingerprint density at radius 1 is 1.58 bits per heavy atom. The lowest BCUT2D eigenvalue weighted by molar-refractivity contribution is 0.271. The van der Waals surface area contributed by atoms with Crippen molar-refractivity contribution in [3.63, 3.8) is 0 Å². The van der Waals surface area contributed by atoms with Crippen LogP contribution in [0.2, 0.25) is 0 Å². The van der Waals surface area contributed by atoms with Gasteiger partial charge >= 0.3 is 0 Å². The fraction of sp³-hybridized carbons (Fsp3) is 0.500. The van der Waals surface area contributed by atoms with Crippen molar-refractivity contribution < 1.29 is 5.11 Å². The number of nitrogens with one attached hydrogen (secondary N) is 1. The second-order valence-corrected chi connectivity index (χ2v) is 2.66. The Balaban J connectivity index is 2.57. The van der Waals surface area contributed by atoms with Crippen molar-refractivity contribution in [1.29, 1.82) is 0 Å². The highest BCUT2D eigenvalue weighted by Gasteiger charge is 2.26. The Bertz CT molecular complexity index is 213. The molecule has 0 bridgehead atoms. The van der Waals surface area contributed by atoms with Crippen LogP contribution in [0.15, 0.2) is 29.5 Å². The van der Waals surface area contributed by atoms with Crippen LogP contribution in [0, 0.1) is 4.91 Å². The van der Waals surface area contributed by atoms with E-state index in [-0.39, 0.29) is 6.61 Å². The molecule has 1 rings (SSSR count). The van der Waals surface area contributed by atoms with Crippen LogP contribution in [0.3, 0.4) is 0 Å². The number of hydrogen-bond donors (Lipinski definition) is 2. The number of nitroso groups, excluding NO2 is 1. The molecule has 0 fully saturated rings. The Labute approximate surface area is 70.9 Å². The summed E-state index contributed by atoms with van der Waals surface area (Å²) in [5, 5.41) is 14.4.